The predicted molar refractivity (Wildman–Crippen MR) is 157 cm³/mol. The summed E-state index contributed by atoms with van der Waals surface area (Å²) in [7, 11) is 0. The van der Waals surface area contributed by atoms with E-state index in [2.05, 4.69) is 31.0 Å². The smallest absolute Gasteiger partial charge is 0.435 e. The van der Waals surface area contributed by atoms with Gasteiger partial charge in [-0.05, 0) is 84.3 Å². The molecule has 0 spiro atoms. The molecule has 0 aliphatic heterocycles. The van der Waals surface area contributed by atoms with Gasteiger partial charge in [-0.3, -0.25) is 15.1 Å². The molecule has 1 fully saturated rings. The molecule has 6 rings (SSSR count). The van der Waals surface area contributed by atoms with Crippen LogP contribution in [0.4, 0.5) is 33.9 Å². The molecule has 1 saturated carbocycles. The monoisotopic (exact) mass is 619 g/mol. The van der Waals surface area contributed by atoms with Crippen LogP contribution >= 0.6 is 0 Å². The first-order valence-electron chi connectivity index (χ1n) is 13.9. The Kier molecular flexibility index (Phi) is 7.89. The number of hydrogen-bond donors (Lipinski definition) is 4. The Morgan fingerprint density at radius 1 is 0.956 bits per heavy atom. The number of alkyl halides is 3. The van der Waals surface area contributed by atoms with Crippen LogP contribution in [0.15, 0.2) is 79.3 Å². The number of nitrogens with one attached hydrogen (secondary N) is 3. The lowest BCUT2D eigenvalue weighted by Gasteiger charge is -2.21. The van der Waals surface area contributed by atoms with E-state index in [1.165, 1.54) is 36.5 Å². The number of rotatable bonds is 9. The molecule has 2 amide bonds. The summed E-state index contributed by atoms with van der Waals surface area (Å²) in [6.45, 7) is 0.733. The number of pyridine rings is 2. The highest BCUT2D eigenvalue weighted by atomic mass is 19.4. The normalized spacial score (nSPS) is 13.9. The number of carbonyl (C=O) groups is 2. The summed E-state index contributed by atoms with van der Waals surface area (Å²) in [4.78, 5) is 32.8. The average Bonchev–Trinajstić information content (AvgIpc) is 3.72. The second-order valence-corrected chi connectivity index (χ2v) is 10.6. The molecule has 14 heteroatoms. The third-order valence-electron chi connectivity index (χ3n) is 7.37. The fourth-order valence-electron chi connectivity index (χ4n) is 4.96. The highest BCUT2D eigenvalue weighted by Crippen LogP contribution is 2.33. The first kappa shape index (κ1) is 29.7. The van der Waals surface area contributed by atoms with Crippen LogP contribution in [-0.4, -0.2) is 43.4 Å². The zero-order valence-corrected chi connectivity index (χ0v) is 23.3. The highest BCUT2D eigenvalue weighted by Gasteiger charge is 2.36. The van der Waals surface area contributed by atoms with Crippen molar-refractivity contribution in [1.82, 2.24) is 25.1 Å². The number of fused-ring (bicyclic) bond motifs is 1. The average molecular weight is 620 g/mol. The van der Waals surface area contributed by atoms with Gasteiger partial charge in [0.1, 0.15) is 17.3 Å². The van der Waals surface area contributed by atoms with Crippen molar-refractivity contribution in [3.8, 4) is 5.69 Å². The summed E-state index contributed by atoms with van der Waals surface area (Å²) in [5.41, 5.74) is -0.601. The molecule has 1 aliphatic rings. The van der Waals surface area contributed by atoms with Crippen molar-refractivity contribution >= 4 is 34.3 Å². The summed E-state index contributed by atoms with van der Waals surface area (Å²) in [5.74, 6) is -1.35. The molecular formula is C31H25F4N7O3. The molecule has 45 heavy (non-hydrogen) atoms. The van der Waals surface area contributed by atoms with Crippen LogP contribution in [0.5, 0.6) is 0 Å². The summed E-state index contributed by atoms with van der Waals surface area (Å²) in [6, 6.07) is 13.9. The molecule has 10 nitrogen and oxygen atoms in total. The quantitative estimate of drug-likeness (QED) is 0.140. The zero-order chi connectivity index (χ0) is 31.7. The fraction of sp³-hybridized carbons (Fsp3) is 0.194. The summed E-state index contributed by atoms with van der Waals surface area (Å²) >= 11 is 0. The van der Waals surface area contributed by atoms with E-state index in [0.29, 0.717) is 22.9 Å². The van der Waals surface area contributed by atoms with Crippen LogP contribution in [0.3, 0.4) is 0 Å². The number of amides is 2. The minimum absolute atomic E-state index is 0.0147. The zero-order valence-electron chi connectivity index (χ0n) is 23.3. The van der Waals surface area contributed by atoms with Gasteiger partial charge in [-0.15, -0.1) is 0 Å². The van der Waals surface area contributed by atoms with E-state index in [4.69, 9.17) is 0 Å². The lowest BCUT2D eigenvalue weighted by Crippen LogP contribution is -2.25. The van der Waals surface area contributed by atoms with E-state index in [1.54, 1.807) is 24.5 Å². The summed E-state index contributed by atoms with van der Waals surface area (Å²) in [6.07, 6.45) is 0.568. The van der Waals surface area contributed by atoms with Crippen LogP contribution in [-0.2, 0) is 6.18 Å². The standard InChI is InChI=1S/C31H25F4N7O3/c32-23-6-4-20(27(38-16-17-1-2-17)19-7-10-36-11-8-19)13-24(23)39-29(43)25-15-26(31(33,34)35)41-42(25)21-5-3-18-9-12-37-28(22(18)14-21)40-30(44)45/h3-15,17,27,38H,1-2,16H2,(H,37,40)(H,39,43)(H,44,45). The molecule has 230 valence electrons. The molecule has 3 heterocycles. The molecular weight excluding hydrogens is 594 g/mol. The summed E-state index contributed by atoms with van der Waals surface area (Å²) < 4.78 is 57.2. The SMILES string of the molecule is O=C(O)Nc1nccc2ccc(-n3nc(C(F)(F)F)cc3C(=O)Nc3cc(C(NCC4CC4)c4ccncc4)ccc3F)cc12. The molecule has 5 aromatic rings. The van der Waals surface area contributed by atoms with Gasteiger partial charge in [-0.25, -0.2) is 18.9 Å². The van der Waals surface area contributed by atoms with Gasteiger partial charge in [-0.2, -0.15) is 18.3 Å². The number of benzene rings is 2. The number of halogens is 4. The van der Waals surface area contributed by atoms with Crippen LogP contribution in [0.2, 0.25) is 0 Å². The first-order chi connectivity index (χ1) is 21.6. The van der Waals surface area contributed by atoms with Crippen molar-refractivity contribution in [2.75, 3.05) is 17.2 Å². The molecule has 1 aliphatic carbocycles. The third-order valence-corrected chi connectivity index (χ3v) is 7.37. The third kappa shape index (κ3) is 6.60. The van der Waals surface area contributed by atoms with Crippen molar-refractivity contribution in [1.29, 1.82) is 0 Å². The van der Waals surface area contributed by atoms with Crippen LogP contribution in [0.1, 0.15) is 46.2 Å². The van der Waals surface area contributed by atoms with E-state index in [-0.39, 0.29) is 28.6 Å². The van der Waals surface area contributed by atoms with Crippen LogP contribution in [0, 0.1) is 11.7 Å². The van der Waals surface area contributed by atoms with Gasteiger partial charge >= 0.3 is 12.3 Å². The number of anilines is 2. The molecule has 0 saturated heterocycles. The van der Waals surface area contributed by atoms with Crippen LogP contribution in [0.25, 0.3) is 16.5 Å². The Morgan fingerprint density at radius 3 is 2.44 bits per heavy atom. The molecule has 1 unspecified atom stereocenters. The second-order valence-electron chi connectivity index (χ2n) is 10.6. The molecule has 2 aromatic carbocycles. The Hall–Kier alpha value is -5.37. The Balaban J connectivity index is 1.36. The molecule has 3 aromatic heterocycles. The first-order valence-corrected chi connectivity index (χ1v) is 13.9. The number of aromatic nitrogens is 4. The number of nitrogens with zero attached hydrogens (tertiary/aromatic N) is 4. The van der Waals surface area contributed by atoms with Crippen molar-refractivity contribution in [3.05, 3.63) is 108 Å². The van der Waals surface area contributed by atoms with Crippen molar-refractivity contribution in [2.45, 2.75) is 25.1 Å². The van der Waals surface area contributed by atoms with Crippen molar-refractivity contribution < 1.29 is 32.3 Å². The fourth-order valence-corrected chi connectivity index (χ4v) is 4.96. The number of carboxylic acid groups (broad SMARTS) is 1. The van der Waals surface area contributed by atoms with Gasteiger partial charge in [0.05, 0.1) is 17.4 Å². The summed E-state index contributed by atoms with van der Waals surface area (Å²) in [5, 5.41) is 21.6. The van der Waals surface area contributed by atoms with E-state index in [1.807, 2.05) is 12.1 Å². The molecule has 4 N–H and O–H groups in total. The maximum atomic E-state index is 15.1. The minimum Gasteiger partial charge on any atom is -0.465 e. The molecule has 1 atom stereocenters. The topological polar surface area (TPSA) is 134 Å². The molecule has 0 radical (unpaired) electrons. The van der Waals surface area contributed by atoms with Gasteiger partial charge in [0.2, 0.25) is 0 Å². The molecule has 0 bridgehead atoms. The van der Waals surface area contributed by atoms with E-state index < -0.39 is 35.4 Å². The van der Waals surface area contributed by atoms with E-state index in [0.717, 1.165) is 29.6 Å². The lowest BCUT2D eigenvalue weighted by molar-refractivity contribution is -0.141. The number of carbonyl (C=O) groups excluding carboxylic acids is 1. The number of hydrogen-bond acceptors (Lipinski definition) is 6. The van der Waals surface area contributed by atoms with Crippen LogP contribution < -0.4 is 16.0 Å². The second kappa shape index (κ2) is 12.0. The van der Waals surface area contributed by atoms with E-state index in [9.17, 15) is 27.9 Å². The highest BCUT2D eigenvalue weighted by molar-refractivity contribution is 6.04. The maximum absolute atomic E-state index is 15.1. The van der Waals surface area contributed by atoms with Gasteiger partial charge in [0.25, 0.3) is 5.91 Å². The van der Waals surface area contributed by atoms with Gasteiger partial charge in [-0.1, -0.05) is 12.1 Å². The van der Waals surface area contributed by atoms with E-state index >= 15 is 4.39 Å². The predicted octanol–water partition coefficient (Wildman–Crippen LogP) is 6.40. The maximum Gasteiger partial charge on any atom is 0.435 e. The Morgan fingerprint density at radius 2 is 1.73 bits per heavy atom. The van der Waals surface area contributed by atoms with Gasteiger partial charge in [0.15, 0.2) is 5.69 Å². The van der Waals surface area contributed by atoms with Crippen molar-refractivity contribution in [2.24, 2.45) is 5.92 Å². The van der Waals surface area contributed by atoms with Gasteiger partial charge < -0.3 is 15.7 Å². The minimum atomic E-state index is -4.90. The largest absolute Gasteiger partial charge is 0.465 e. The Bertz CT molecular complexity index is 1890. The Labute approximate surface area is 253 Å². The van der Waals surface area contributed by atoms with Gasteiger partial charge in [0, 0.05) is 30.0 Å². The van der Waals surface area contributed by atoms with Crippen molar-refractivity contribution in [3.63, 3.8) is 0 Å². The lowest BCUT2D eigenvalue weighted by atomic mass is 9.98.